The first kappa shape index (κ1) is 11.9. The molecule has 0 spiro atoms. The fourth-order valence-corrected chi connectivity index (χ4v) is 1.33. The van der Waals surface area contributed by atoms with Gasteiger partial charge < -0.3 is 0 Å². The largest absolute Gasteiger partial charge is 0.299 e. The van der Waals surface area contributed by atoms with Gasteiger partial charge in [0.2, 0.25) is 0 Å². The summed E-state index contributed by atoms with van der Waals surface area (Å²) in [5.41, 5.74) is 1.61. The molecular weight excluding hydrogens is 186 g/mol. The van der Waals surface area contributed by atoms with E-state index in [4.69, 9.17) is 0 Å². The first-order valence-electron chi connectivity index (χ1n) is 5.33. The van der Waals surface area contributed by atoms with Crippen molar-refractivity contribution in [3.05, 3.63) is 29.6 Å². The number of Topliss-reactive ketones (excluding diaryl/α,β-unsaturated/α-hetero) is 1. The van der Waals surface area contributed by atoms with Crippen LogP contribution in [0.3, 0.4) is 0 Å². The molecule has 0 aromatic carbocycles. The average molecular weight is 205 g/mol. The second-order valence-corrected chi connectivity index (χ2v) is 4.81. The lowest BCUT2D eigenvalue weighted by molar-refractivity contribution is -0.121. The van der Waals surface area contributed by atoms with Gasteiger partial charge in [0.25, 0.3) is 0 Å². The molecule has 0 atom stereocenters. The lowest BCUT2D eigenvalue weighted by Crippen LogP contribution is -2.27. The Hall–Kier alpha value is -1.18. The van der Waals surface area contributed by atoms with Crippen LogP contribution in [0.1, 0.15) is 51.8 Å². The number of ketones is 1. The van der Waals surface area contributed by atoms with E-state index in [9.17, 15) is 4.79 Å². The van der Waals surface area contributed by atoms with E-state index < -0.39 is 5.41 Å². The van der Waals surface area contributed by atoms with Crippen molar-refractivity contribution in [2.45, 2.75) is 46.0 Å². The first-order chi connectivity index (χ1) is 6.85. The van der Waals surface area contributed by atoms with Crippen LogP contribution in [0.15, 0.2) is 18.3 Å². The van der Waals surface area contributed by atoms with Gasteiger partial charge in [0.15, 0.2) is 0 Å². The maximum Gasteiger partial charge on any atom is 0.141 e. The van der Waals surface area contributed by atoms with E-state index in [1.807, 2.05) is 26.0 Å². The number of rotatable bonds is 3. The second kappa shape index (κ2) is 4.13. The Bertz CT molecular complexity index is 367. The number of hydrogen-bond donors (Lipinski definition) is 0. The summed E-state index contributed by atoms with van der Waals surface area (Å²) < 4.78 is 0. The van der Waals surface area contributed by atoms with Crippen molar-refractivity contribution in [1.82, 2.24) is 4.98 Å². The molecule has 0 aliphatic heterocycles. The quantitative estimate of drug-likeness (QED) is 0.759. The topological polar surface area (TPSA) is 30.0 Å². The minimum absolute atomic E-state index is 0.149. The summed E-state index contributed by atoms with van der Waals surface area (Å²) in [7, 11) is 0. The predicted molar refractivity (Wildman–Crippen MR) is 62.0 cm³/mol. The number of carbonyl (C=O) groups is 1. The molecule has 0 fully saturated rings. The van der Waals surface area contributed by atoms with E-state index in [0.29, 0.717) is 5.92 Å². The summed E-state index contributed by atoms with van der Waals surface area (Å²) in [5, 5.41) is 0. The third kappa shape index (κ3) is 2.44. The Morgan fingerprint density at radius 3 is 2.47 bits per heavy atom. The van der Waals surface area contributed by atoms with Crippen molar-refractivity contribution < 1.29 is 4.79 Å². The molecule has 0 aliphatic rings. The summed E-state index contributed by atoms with van der Waals surface area (Å²) in [4.78, 5) is 15.8. The first-order valence-corrected chi connectivity index (χ1v) is 5.33. The molecule has 0 amide bonds. The number of pyridine rings is 1. The third-order valence-corrected chi connectivity index (χ3v) is 2.97. The van der Waals surface area contributed by atoms with E-state index in [0.717, 1.165) is 5.69 Å². The van der Waals surface area contributed by atoms with Gasteiger partial charge in [0.1, 0.15) is 5.78 Å². The van der Waals surface area contributed by atoms with Gasteiger partial charge in [0, 0.05) is 6.20 Å². The highest BCUT2D eigenvalue weighted by atomic mass is 16.1. The van der Waals surface area contributed by atoms with E-state index in [2.05, 4.69) is 18.8 Å². The highest BCUT2D eigenvalue weighted by Gasteiger charge is 2.27. The maximum atomic E-state index is 11.5. The minimum atomic E-state index is -0.481. The Morgan fingerprint density at radius 1 is 1.40 bits per heavy atom. The molecule has 0 saturated carbocycles. The Morgan fingerprint density at radius 2 is 2.00 bits per heavy atom. The third-order valence-electron chi connectivity index (χ3n) is 2.97. The SMILES string of the molecule is CC(=O)C(C)(C)c1cc(C(C)C)ccn1. The van der Waals surface area contributed by atoms with Gasteiger partial charge in [-0.3, -0.25) is 9.78 Å². The number of nitrogens with zero attached hydrogens (tertiary/aromatic N) is 1. The van der Waals surface area contributed by atoms with Crippen LogP contribution in [-0.4, -0.2) is 10.8 Å². The lowest BCUT2D eigenvalue weighted by Gasteiger charge is -2.21. The highest BCUT2D eigenvalue weighted by molar-refractivity contribution is 5.86. The zero-order valence-electron chi connectivity index (χ0n) is 10.2. The van der Waals surface area contributed by atoms with E-state index >= 15 is 0 Å². The highest BCUT2D eigenvalue weighted by Crippen LogP contribution is 2.25. The molecular formula is C13H19NO. The van der Waals surface area contributed by atoms with E-state index in [1.54, 1.807) is 13.1 Å². The van der Waals surface area contributed by atoms with Gasteiger partial charge >= 0.3 is 0 Å². The van der Waals surface area contributed by atoms with Crippen LogP contribution in [0.5, 0.6) is 0 Å². The smallest absolute Gasteiger partial charge is 0.141 e. The molecule has 1 aromatic heterocycles. The van der Waals surface area contributed by atoms with Crippen molar-refractivity contribution in [3.8, 4) is 0 Å². The molecule has 2 heteroatoms. The second-order valence-electron chi connectivity index (χ2n) is 4.81. The molecule has 15 heavy (non-hydrogen) atoms. The van der Waals surface area contributed by atoms with Crippen molar-refractivity contribution in [3.63, 3.8) is 0 Å². The number of aromatic nitrogens is 1. The van der Waals surface area contributed by atoms with Crippen LogP contribution in [0.2, 0.25) is 0 Å². The summed E-state index contributed by atoms with van der Waals surface area (Å²) >= 11 is 0. The van der Waals surface area contributed by atoms with Gasteiger partial charge in [-0.2, -0.15) is 0 Å². The zero-order valence-corrected chi connectivity index (χ0v) is 10.2. The van der Waals surface area contributed by atoms with E-state index in [-0.39, 0.29) is 5.78 Å². The van der Waals surface area contributed by atoms with Crippen LogP contribution >= 0.6 is 0 Å². The maximum absolute atomic E-state index is 11.5. The fraction of sp³-hybridized carbons (Fsp3) is 0.538. The van der Waals surface area contributed by atoms with Gasteiger partial charge in [-0.15, -0.1) is 0 Å². The molecule has 0 radical (unpaired) electrons. The normalized spacial score (nSPS) is 11.9. The van der Waals surface area contributed by atoms with Gasteiger partial charge in [-0.05, 0) is 44.4 Å². The van der Waals surface area contributed by atoms with Gasteiger partial charge in [0.05, 0.1) is 11.1 Å². The Labute approximate surface area is 91.7 Å². The van der Waals surface area contributed by atoms with Crippen LogP contribution in [0.25, 0.3) is 0 Å². The molecule has 1 aromatic rings. The molecule has 0 saturated heterocycles. The lowest BCUT2D eigenvalue weighted by atomic mass is 9.83. The number of carbonyl (C=O) groups excluding carboxylic acids is 1. The molecule has 0 aliphatic carbocycles. The van der Waals surface area contributed by atoms with Crippen LogP contribution in [0.4, 0.5) is 0 Å². The monoisotopic (exact) mass is 205 g/mol. The van der Waals surface area contributed by atoms with Gasteiger partial charge in [-0.25, -0.2) is 0 Å². The summed E-state index contributed by atoms with van der Waals surface area (Å²) in [5.74, 6) is 0.616. The number of hydrogen-bond acceptors (Lipinski definition) is 2. The molecule has 82 valence electrons. The Kier molecular flexibility index (Phi) is 3.28. The summed E-state index contributed by atoms with van der Waals surface area (Å²) in [6.45, 7) is 9.73. The predicted octanol–water partition coefficient (Wildman–Crippen LogP) is 3.07. The molecule has 2 nitrogen and oxygen atoms in total. The van der Waals surface area contributed by atoms with E-state index in [1.165, 1.54) is 5.56 Å². The van der Waals surface area contributed by atoms with Crippen molar-refractivity contribution in [2.75, 3.05) is 0 Å². The molecule has 0 N–H and O–H groups in total. The zero-order chi connectivity index (χ0) is 11.6. The molecule has 0 unspecified atom stereocenters. The van der Waals surface area contributed by atoms with Crippen LogP contribution < -0.4 is 0 Å². The summed E-state index contributed by atoms with van der Waals surface area (Å²) in [6.07, 6.45) is 1.79. The van der Waals surface area contributed by atoms with Crippen LogP contribution in [-0.2, 0) is 10.2 Å². The molecule has 0 bridgehead atoms. The van der Waals surface area contributed by atoms with Crippen LogP contribution in [0, 0.1) is 0 Å². The standard InChI is InChI=1S/C13H19NO/c1-9(2)11-6-7-14-12(8-11)13(4,5)10(3)15/h6-9H,1-5H3. The minimum Gasteiger partial charge on any atom is -0.299 e. The van der Waals surface area contributed by atoms with Crippen molar-refractivity contribution in [2.24, 2.45) is 0 Å². The molecule has 1 heterocycles. The van der Waals surface area contributed by atoms with Crippen molar-refractivity contribution in [1.29, 1.82) is 0 Å². The fourth-order valence-electron chi connectivity index (χ4n) is 1.33. The average Bonchev–Trinajstić information content (AvgIpc) is 2.17. The summed E-state index contributed by atoms with van der Waals surface area (Å²) in [6, 6.07) is 4.04. The van der Waals surface area contributed by atoms with Crippen molar-refractivity contribution >= 4 is 5.78 Å². The Balaban J connectivity index is 3.16. The van der Waals surface area contributed by atoms with Gasteiger partial charge in [-0.1, -0.05) is 13.8 Å². The molecule has 1 rings (SSSR count).